The summed E-state index contributed by atoms with van der Waals surface area (Å²) in [6.07, 6.45) is 1.31. The van der Waals surface area contributed by atoms with Crippen LogP contribution in [0.4, 0.5) is 0 Å². The first-order valence-corrected chi connectivity index (χ1v) is 9.42. The molecular weight excluding hydrogens is 364 g/mol. The Bertz CT molecular complexity index is 897. The second-order valence-corrected chi connectivity index (χ2v) is 6.48. The van der Waals surface area contributed by atoms with Crippen molar-refractivity contribution in [2.24, 2.45) is 5.10 Å². The second-order valence-electron chi connectivity index (χ2n) is 6.48. The van der Waals surface area contributed by atoms with Gasteiger partial charge < -0.3 is 9.47 Å². The Labute approximate surface area is 171 Å². The summed E-state index contributed by atoms with van der Waals surface area (Å²) in [6.45, 7) is -0.145. The molecule has 5 heteroatoms. The SMILES string of the molecule is COc1ccccc1OCC(=O)NN=C(Cc1ccccc1)Cc1ccccc1. The molecule has 0 spiro atoms. The number of carbonyl (C=O) groups is 1. The average Bonchev–Trinajstić information content (AvgIpc) is 2.77. The predicted octanol–water partition coefficient (Wildman–Crippen LogP) is 4.03. The molecule has 3 rings (SSSR count). The van der Waals surface area contributed by atoms with Crippen molar-refractivity contribution >= 4 is 11.6 Å². The molecule has 0 aromatic heterocycles. The van der Waals surface area contributed by atoms with Gasteiger partial charge in [-0.2, -0.15) is 5.10 Å². The number of benzene rings is 3. The van der Waals surface area contributed by atoms with Crippen LogP contribution in [0.5, 0.6) is 11.5 Å². The molecule has 3 aromatic carbocycles. The topological polar surface area (TPSA) is 59.9 Å². The molecular formula is C24H24N2O3. The molecule has 0 radical (unpaired) electrons. The van der Waals surface area contributed by atoms with E-state index in [4.69, 9.17) is 9.47 Å². The van der Waals surface area contributed by atoms with Crippen LogP contribution in [0.15, 0.2) is 90.0 Å². The van der Waals surface area contributed by atoms with Crippen molar-refractivity contribution in [3.63, 3.8) is 0 Å². The summed E-state index contributed by atoms with van der Waals surface area (Å²) in [4.78, 5) is 12.2. The summed E-state index contributed by atoms with van der Waals surface area (Å²) < 4.78 is 10.8. The van der Waals surface area contributed by atoms with Crippen LogP contribution in [0.25, 0.3) is 0 Å². The first-order valence-electron chi connectivity index (χ1n) is 9.42. The molecule has 0 fully saturated rings. The average molecular weight is 388 g/mol. The summed E-state index contributed by atoms with van der Waals surface area (Å²) in [5, 5.41) is 4.37. The lowest BCUT2D eigenvalue weighted by atomic mass is 10.0. The van der Waals surface area contributed by atoms with Crippen molar-refractivity contribution in [3.05, 3.63) is 96.1 Å². The minimum absolute atomic E-state index is 0.145. The van der Waals surface area contributed by atoms with Crippen molar-refractivity contribution in [1.29, 1.82) is 0 Å². The maximum Gasteiger partial charge on any atom is 0.277 e. The van der Waals surface area contributed by atoms with Crippen LogP contribution in [0.2, 0.25) is 0 Å². The molecule has 0 saturated heterocycles. The molecule has 1 amide bonds. The summed E-state index contributed by atoms with van der Waals surface area (Å²) >= 11 is 0. The van der Waals surface area contributed by atoms with Crippen LogP contribution in [-0.4, -0.2) is 25.3 Å². The smallest absolute Gasteiger partial charge is 0.277 e. The van der Waals surface area contributed by atoms with E-state index in [1.807, 2.05) is 72.8 Å². The van der Waals surface area contributed by atoms with Crippen molar-refractivity contribution in [2.45, 2.75) is 12.8 Å². The first kappa shape index (κ1) is 20.1. The highest BCUT2D eigenvalue weighted by atomic mass is 16.5. The fraction of sp³-hybridized carbons (Fsp3) is 0.167. The highest BCUT2D eigenvalue weighted by Gasteiger charge is 2.08. The molecule has 0 atom stereocenters. The van der Waals surface area contributed by atoms with Crippen LogP contribution in [-0.2, 0) is 17.6 Å². The molecule has 0 aliphatic heterocycles. The van der Waals surface area contributed by atoms with E-state index in [2.05, 4.69) is 10.5 Å². The molecule has 0 saturated carbocycles. The standard InChI is InChI=1S/C24H24N2O3/c1-28-22-14-8-9-15-23(22)29-18-24(27)26-25-21(16-19-10-4-2-5-11-19)17-20-12-6-3-7-13-20/h2-15H,16-18H2,1H3,(H,26,27). The summed E-state index contributed by atoms with van der Waals surface area (Å²) in [5.74, 6) is 0.773. The van der Waals surface area contributed by atoms with Gasteiger partial charge in [0, 0.05) is 18.6 Å². The number of amides is 1. The first-order chi connectivity index (χ1) is 14.2. The van der Waals surface area contributed by atoms with E-state index in [0.717, 1.165) is 16.8 Å². The zero-order valence-electron chi connectivity index (χ0n) is 16.4. The van der Waals surface area contributed by atoms with Gasteiger partial charge in [0.05, 0.1) is 7.11 Å². The number of carbonyl (C=O) groups excluding carboxylic acids is 1. The Morgan fingerprint density at radius 3 is 1.86 bits per heavy atom. The Morgan fingerprint density at radius 1 is 0.793 bits per heavy atom. The quantitative estimate of drug-likeness (QED) is 0.445. The van der Waals surface area contributed by atoms with Crippen LogP contribution < -0.4 is 14.9 Å². The molecule has 3 aromatic rings. The van der Waals surface area contributed by atoms with Gasteiger partial charge in [-0.3, -0.25) is 4.79 Å². The minimum Gasteiger partial charge on any atom is -0.493 e. The van der Waals surface area contributed by atoms with E-state index in [9.17, 15) is 4.79 Å². The van der Waals surface area contributed by atoms with Gasteiger partial charge in [0.25, 0.3) is 5.91 Å². The fourth-order valence-corrected chi connectivity index (χ4v) is 2.86. The van der Waals surface area contributed by atoms with Gasteiger partial charge in [-0.15, -0.1) is 0 Å². The number of nitrogens with zero attached hydrogens (tertiary/aromatic N) is 1. The zero-order chi connectivity index (χ0) is 20.3. The highest BCUT2D eigenvalue weighted by Crippen LogP contribution is 2.25. The van der Waals surface area contributed by atoms with Crippen LogP contribution in [0.3, 0.4) is 0 Å². The third kappa shape index (κ3) is 6.50. The Kier molecular flexibility index (Phi) is 7.41. The van der Waals surface area contributed by atoms with E-state index in [-0.39, 0.29) is 12.5 Å². The van der Waals surface area contributed by atoms with E-state index < -0.39 is 0 Å². The molecule has 0 heterocycles. The predicted molar refractivity (Wildman–Crippen MR) is 114 cm³/mol. The van der Waals surface area contributed by atoms with Crippen molar-refractivity contribution in [3.8, 4) is 11.5 Å². The second kappa shape index (κ2) is 10.7. The van der Waals surface area contributed by atoms with Gasteiger partial charge in [0.15, 0.2) is 18.1 Å². The molecule has 0 aliphatic carbocycles. The zero-order valence-corrected chi connectivity index (χ0v) is 16.4. The van der Waals surface area contributed by atoms with Gasteiger partial charge in [0.1, 0.15) is 0 Å². The molecule has 29 heavy (non-hydrogen) atoms. The lowest BCUT2D eigenvalue weighted by Crippen LogP contribution is -2.26. The largest absolute Gasteiger partial charge is 0.493 e. The minimum atomic E-state index is -0.325. The number of hydrogen-bond acceptors (Lipinski definition) is 4. The van der Waals surface area contributed by atoms with Crippen molar-refractivity contribution in [2.75, 3.05) is 13.7 Å². The van der Waals surface area contributed by atoms with Crippen molar-refractivity contribution < 1.29 is 14.3 Å². The number of para-hydroxylation sites is 2. The lowest BCUT2D eigenvalue weighted by molar-refractivity contribution is -0.123. The summed E-state index contributed by atoms with van der Waals surface area (Å²) in [7, 11) is 1.56. The van der Waals surface area contributed by atoms with Gasteiger partial charge in [-0.1, -0.05) is 72.8 Å². The van der Waals surface area contributed by atoms with E-state index >= 15 is 0 Å². The number of methoxy groups -OCH3 is 1. The van der Waals surface area contributed by atoms with E-state index in [1.165, 1.54) is 0 Å². The van der Waals surface area contributed by atoms with Gasteiger partial charge in [0.2, 0.25) is 0 Å². The van der Waals surface area contributed by atoms with Crippen LogP contribution in [0.1, 0.15) is 11.1 Å². The van der Waals surface area contributed by atoms with Gasteiger partial charge in [-0.25, -0.2) is 5.43 Å². The molecule has 148 valence electrons. The third-order valence-electron chi connectivity index (χ3n) is 4.27. The fourth-order valence-electron chi connectivity index (χ4n) is 2.86. The molecule has 1 N–H and O–H groups in total. The highest BCUT2D eigenvalue weighted by molar-refractivity contribution is 5.90. The van der Waals surface area contributed by atoms with E-state index in [0.29, 0.717) is 24.3 Å². The maximum absolute atomic E-state index is 12.2. The Morgan fingerprint density at radius 2 is 1.31 bits per heavy atom. The number of rotatable bonds is 9. The van der Waals surface area contributed by atoms with Gasteiger partial charge >= 0.3 is 0 Å². The number of hydrazone groups is 1. The van der Waals surface area contributed by atoms with Crippen LogP contribution in [0, 0.1) is 0 Å². The molecule has 5 nitrogen and oxygen atoms in total. The molecule has 0 unspecified atom stereocenters. The normalized spacial score (nSPS) is 10.1. The molecule has 0 aliphatic rings. The summed E-state index contributed by atoms with van der Waals surface area (Å²) in [5.41, 5.74) is 5.76. The summed E-state index contributed by atoms with van der Waals surface area (Å²) in [6, 6.07) is 27.3. The Hall–Kier alpha value is -3.60. The van der Waals surface area contributed by atoms with Crippen molar-refractivity contribution in [1.82, 2.24) is 5.43 Å². The monoisotopic (exact) mass is 388 g/mol. The number of ether oxygens (including phenoxy) is 2. The Balaban J connectivity index is 1.64. The molecule has 0 bridgehead atoms. The van der Waals surface area contributed by atoms with Crippen LogP contribution >= 0.6 is 0 Å². The lowest BCUT2D eigenvalue weighted by Gasteiger charge is -2.10. The van der Waals surface area contributed by atoms with E-state index in [1.54, 1.807) is 19.2 Å². The van der Waals surface area contributed by atoms with Gasteiger partial charge in [-0.05, 0) is 23.3 Å². The number of hydrogen-bond donors (Lipinski definition) is 1. The maximum atomic E-state index is 12.2. The third-order valence-corrected chi connectivity index (χ3v) is 4.27. The number of nitrogens with one attached hydrogen (secondary N) is 1.